The van der Waals surface area contributed by atoms with Crippen LogP contribution in [0, 0.1) is 0 Å². The minimum atomic E-state index is -0.120. The quantitative estimate of drug-likeness (QED) is 0.601. The van der Waals surface area contributed by atoms with E-state index < -0.39 is 0 Å². The predicted molar refractivity (Wildman–Crippen MR) is 38.0 cm³/mol. The number of hydrogen-bond acceptors (Lipinski definition) is 2. The van der Waals surface area contributed by atoms with Crippen LogP contribution in [-0.2, 0) is 0 Å². The average Bonchev–Trinajstić information content (AvgIpc) is 2.12. The molecule has 0 N–H and O–H groups in total. The largest absolute Gasteiger partial charge is 0.447 e. The molecule has 0 bridgehead atoms. The second kappa shape index (κ2) is 3.75. The molecule has 0 amide bonds. The van der Waals surface area contributed by atoms with E-state index in [2.05, 4.69) is 4.98 Å². The van der Waals surface area contributed by atoms with Crippen molar-refractivity contribution in [2.75, 3.05) is 0 Å². The van der Waals surface area contributed by atoms with Crippen molar-refractivity contribution in [1.29, 1.82) is 0 Å². The summed E-state index contributed by atoms with van der Waals surface area (Å²) in [6, 6.07) is 0. The van der Waals surface area contributed by atoms with E-state index in [0.717, 1.165) is 0 Å². The summed E-state index contributed by atoms with van der Waals surface area (Å²) in [6.07, 6.45) is 3.09. The summed E-state index contributed by atoms with van der Waals surface area (Å²) in [5.41, 5.74) is 0. The van der Waals surface area contributed by atoms with Gasteiger partial charge >= 0.3 is 0 Å². The average molecular weight is 168 g/mol. The molecular formula is C5H7Cl2NO. The molecule has 4 heteroatoms. The highest BCUT2D eigenvalue weighted by molar-refractivity contribution is 6.20. The van der Waals surface area contributed by atoms with Crippen LogP contribution in [0.5, 0.6) is 0 Å². The molecule has 1 unspecified atom stereocenters. The summed E-state index contributed by atoms with van der Waals surface area (Å²) >= 11 is 5.59. The molecule has 52 valence electrons. The highest BCUT2D eigenvalue weighted by atomic mass is 35.5. The Morgan fingerprint density at radius 1 is 1.78 bits per heavy atom. The Morgan fingerprint density at radius 3 is 2.67 bits per heavy atom. The van der Waals surface area contributed by atoms with Crippen LogP contribution in [0.1, 0.15) is 18.2 Å². The molecule has 0 spiro atoms. The summed E-state index contributed by atoms with van der Waals surface area (Å²) in [5, 5.41) is -0.120. The van der Waals surface area contributed by atoms with E-state index in [1.165, 1.54) is 6.26 Å². The summed E-state index contributed by atoms with van der Waals surface area (Å²) in [5.74, 6) is 0.576. The molecule has 0 saturated heterocycles. The molecule has 0 aromatic carbocycles. The van der Waals surface area contributed by atoms with E-state index in [0.29, 0.717) is 5.89 Å². The molecule has 0 radical (unpaired) electrons. The molecule has 1 atom stereocenters. The van der Waals surface area contributed by atoms with E-state index in [4.69, 9.17) is 16.0 Å². The fraction of sp³-hybridized carbons (Fsp3) is 0.400. The first-order valence-corrected chi connectivity index (χ1v) is 2.78. The van der Waals surface area contributed by atoms with Gasteiger partial charge in [-0.2, -0.15) is 0 Å². The number of alkyl halides is 1. The van der Waals surface area contributed by atoms with Gasteiger partial charge in [-0.3, -0.25) is 0 Å². The van der Waals surface area contributed by atoms with Gasteiger partial charge in [0.15, 0.2) is 0 Å². The Bertz CT molecular complexity index is 150. The third kappa shape index (κ3) is 2.24. The van der Waals surface area contributed by atoms with Crippen LogP contribution in [0.25, 0.3) is 0 Å². The molecular weight excluding hydrogens is 161 g/mol. The lowest BCUT2D eigenvalue weighted by atomic mass is 10.5. The second-order valence-electron chi connectivity index (χ2n) is 1.49. The van der Waals surface area contributed by atoms with Crippen LogP contribution < -0.4 is 0 Å². The Labute approximate surface area is 64.6 Å². The van der Waals surface area contributed by atoms with Crippen LogP contribution >= 0.6 is 24.0 Å². The summed E-state index contributed by atoms with van der Waals surface area (Å²) in [7, 11) is 0. The number of rotatable bonds is 1. The van der Waals surface area contributed by atoms with Gasteiger partial charge in [0.25, 0.3) is 0 Å². The van der Waals surface area contributed by atoms with Gasteiger partial charge < -0.3 is 4.42 Å². The summed E-state index contributed by atoms with van der Waals surface area (Å²) < 4.78 is 4.85. The molecule has 1 heterocycles. The zero-order chi connectivity index (χ0) is 5.98. The first-order chi connectivity index (χ1) is 3.80. The molecule has 0 aliphatic rings. The van der Waals surface area contributed by atoms with Gasteiger partial charge in [0.05, 0.1) is 6.20 Å². The van der Waals surface area contributed by atoms with E-state index in [1.54, 1.807) is 6.20 Å². The number of nitrogens with zero attached hydrogens (tertiary/aromatic N) is 1. The SMILES string of the molecule is CC(Cl)c1ncco1.Cl. The lowest BCUT2D eigenvalue weighted by Gasteiger charge is -1.90. The van der Waals surface area contributed by atoms with Crippen molar-refractivity contribution in [3.63, 3.8) is 0 Å². The lowest BCUT2D eigenvalue weighted by Crippen LogP contribution is -1.80. The van der Waals surface area contributed by atoms with Gasteiger partial charge in [0.2, 0.25) is 5.89 Å². The topological polar surface area (TPSA) is 26.0 Å². The third-order valence-corrected chi connectivity index (χ3v) is 0.978. The monoisotopic (exact) mass is 167 g/mol. The molecule has 1 aromatic rings. The number of aromatic nitrogens is 1. The fourth-order valence-corrected chi connectivity index (χ4v) is 0.539. The fourth-order valence-electron chi connectivity index (χ4n) is 0.431. The van der Waals surface area contributed by atoms with Crippen molar-refractivity contribution in [3.05, 3.63) is 18.4 Å². The maximum absolute atomic E-state index is 5.59. The highest BCUT2D eigenvalue weighted by Crippen LogP contribution is 2.15. The van der Waals surface area contributed by atoms with Crippen LogP contribution in [0.15, 0.2) is 16.9 Å². The Hall–Kier alpha value is -0.210. The molecule has 0 aliphatic carbocycles. The van der Waals surface area contributed by atoms with Gasteiger partial charge in [-0.1, -0.05) is 0 Å². The lowest BCUT2D eigenvalue weighted by molar-refractivity contribution is 0.496. The summed E-state index contributed by atoms with van der Waals surface area (Å²) in [6.45, 7) is 1.81. The van der Waals surface area contributed by atoms with E-state index >= 15 is 0 Å². The summed E-state index contributed by atoms with van der Waals surface area (Å²) in [4.78, 5) is 3.82. The third-order valence-electron chi connectivity index (χ3n) is 0.792. The standard InChI is InChI=1S/C5H6ClNO.ClH/c1-4(6)5-7-2-3-8-5;/h2-4H,1H3;1H. The molecule has 2 nitrogen and oxygen atoms in total. The Kier molecular flexibility index (Phi) is 3.66. The number of oxazole rings is 1. The second-order valence-corrected chi connectivity index (χ2v) is 2.14. The number of halogens is 2. The maximum Gasteiger partial charge on any atom is 0.211 e. The Morgan fingerprint density at radius 2 is 2.44 bits per heavy atom. The normalized spacial score (nSPS) is 12.2. The van der Waals surface area contributed by atoms with Gasteiger partial charge in [-0.25, -0.2) is 4.98 Å². The zero-order valence-corrected chi connectivity index (χ0v) is 6.45. The molecule has 0 saturated carbocycles. The maximum atomic E-state index is 5.59. The van der Waals surface area contributed by atoms with Gasteiger partial charge in [-0.05, 0) is 6.92 Å². The van der Waals surface area contributed by atoms with Gasteiger partial charge in [-0.15, -0.1) is 24.0 Å². The van der Waals surface area contributed by atoms with Gasteiger partial charge in [0, 0.05) is 0 Å². The first kappa shape index (κ1) is 8.79. The molecule has 9 heavy (non-hydrogen) atoms. The van der Waals surface area contributed by atoms with Crippen LogP contribution in [0.3, 0.4) is 0 Å². The van der Waals surface area contributed by atoms with E-state index in [9.17, 15) is 0 Å². The molecule has 0 fully saturated rings. The van der Waals surface area contributed by atoms with Crippen molar-refractivity contribution in [2.45, 2.75) is 12.3 Å². The van der Waals surface area contributed by atoms with Crippen LogP contribution in [-0.4, -0.2) is 4.98 Å². The minimum absolute atomic E-state index is 0. The van der Waals surface area contributed by atoms with Crippen molar-refractivity contribution < 1.29 is 4.42 Å². The smallest absolute Gasteiger partial charge is 0.211 e. The minimum Gasteiger partial charge on any atom is -0.447 e. The number of hydrogen-bond donors (Lipinski definition) is 0. The van der Waals surface area contributed by atoms with Gasteiger partial charge in [0.1, 0.15) is 11.6 Å². The highest BCUT2D eigenvalue weighted by Gasteiger charge is 2.02. The molecule has 0 aliphatic heterocycles. The van der Waals surface area contributed by atoms with E-state index in [1.807, 2.05) is 6.92 Å². The predicted octanol–water partition coefficient (Wildman–Crippen LogP) is 2.40. The first-order valence-electron chi connectivity index (χ1n) is 2.34. The van der Waals surface area contributed by atoms with Crippen molar-refractivity contribution in [3.8, 4) is 0 Å². The van der Waals surface area contributed by atoms with E-state index in [-0.39, 0.29) is 17.8 Å². The van der Waals surface area contributed by atoms with Crippen molar-refractivity contribution in [2.24, 2.45) is 0 Å². The van der Waals surface area contributed by atoms with Crippen LogP contribution in [0.2, 0.25) is 0 Å². The Balaban J connectivity index is 0.000000640. The molecule has 1 rings (SSSR count). The van der Waals surface area contributed by atoms with Crippen molar-refractivity contribution in [1.82, 2.24) is 4.98 Å². The van der Waals surface area contributed by atoms with Crippen molar-refractivity contribution >= 4 is 24.0 Å². The zero-order valence-electron chi connectivity index (χ0n) is 4.87. The molecule has 1 aromatic heterocycles. The van der Waals surface area contributed by atoms with Crippen LogP contribution in [0.4, 0.5) is 0 Å².